The van der Waals surface area contributed by atoms with Gasteiger partial charge in [0.25, 0.3) is 10.0 Å². The minimum atomic E-state index is -4.22. The maximum Gasteiger partial charge on any atom is 0.326 e. The van der Waals surface area contributed by atoms with Crippen molar-refractivity contribution < 1.29 is 22.7 Å². The van der Waals surface area contributed by atoms with Gasteiger partial charge in [-0.1, -0.05) is 36.5 Å². The first-order valence-corrected chi connectivity index (χ1v) is 15.5. The average molecular weight is 618 g/mol. The van der Waals surface area contributed by atoms with Crippen LogP contribution in [0, 0.1) is 0 Å². The summed E-state index contributed by atoms with van der Waals surface area (Å²) in [6.07, 6.45) is 5.24. The maximum absolute atomic E-state index is 13.8. The monoisotopic (exact) mass is 616 g/mol. The summed E-state index contributed by atoms with van der Waals surface area (Å²) in [5.41, 5.74) is 2.16. The largest absolute Gasteiger partial charge is 0.464 e. The Bertz CT molecular complexity index is 1620. The maximum atomic E-state index is 13.8. The van der Waals surface area contributed by atoms with E-state index in [-0.39, 0.29) is 21.5 Å². The smallest absolute Gasteiger partial charge is 0.326 e. The predicted octanol–water partition coefficient (Wildman–Crippen LogP) is 5.71. The molecule has 3 heterocycles. The molecule has 1 aliphatic rings. The van der Waals surface area contributed by atoms with E-state index < -0.39 is 22.5 Å². The lowest BCUT2D eigenvalue weighted by molar-refractivity contribution is -0.141. The van der Waals surface area contributed by atoms with Crippen LogP contribution in [0.15, 0.2) is 71.9 Å². The van der Waals surface area contributed by atoms with Crippen LogP contribution in [0.1, 0.15) is 19.8 Å². The number of fused-ring (bicyclic) bond motifs is 1. The van der Waals surface area contributed by atoms with Crippen molar-refractivity contribution in [1.82, 2.24) is 9.55 Å². The van der Waals surface area contributed by atoms with Crippen LogP contribution < -0.4 is 9.21 Å². The highest BCUT2D eigenvalue weighted by molar-refractivity contribution is 7.92. The van der Waals surface area contributed by atoms with Crippen molar-refractivity contribution in [2.75, 3.05) is 48.7 Å². The van der Waals surface area contributed by atoms with Crippen molar-refractivity contribution in [1.29, 1.82) is 0 Å². The zero-order valence-corrected chi connectivity index (χ0v) is 24.8. The van der Waals surface area contributed by atoms with Gasteiger partial charge in [-0.3, -0.25) is 9.10 Å². The Hall–Kier alpha value is -3.31. The van der Waals surface area contributed by atoms with Crippen LogP contribution in [0.5, 0.6) is 0 Å². The van der Waals surface area contributed by atoms with Gasteiger partial charge in [0.15, 0.2) is 0 Å². The Morgan fingerprint density at radius 1 is 1.05 bits per heavy atom. The number of esters is 1. The third kappa shape index (κ3) is 6.62. The number of ether oxygens (including phenoxy) is 2. The molecule has 1 aliphatic heterocycles. The van der Waals surface area contributed by atoms with Crippen molar-refractivity contribution in [3.8, 4) is 5.82 Å². The number of halogens is 2. The number of hydrogen-bond donors (Lipinski definition) is 0. The average Bonchev–Trinajstić information content (AvgIpc) is 3.39. The Labute approximate surface area is 249 Å². The van der Waals surface area contributed by atoms with Gasteiger partial charge in [-0.05, 0) is 61.0 Å². The Morgan fingerprint density at radius 2 is 1.80 bits per heavy atom. The molecule has 1 saturated heterocycles. The molecule has 4 aromatic rings. The SMILES string of the molecule is CCCCOC(=O)CN(c1ccc2c(ccn2-c2ccc(N3CCOCC3)cn2)c1)S(=O)(=O)c1cc(Cl)cc(Cl)c1. The number of carbonyl (C=O) groups is 1. The van der Waals surface area contributed by atoms with E-state index in [0.717, 1.165) is 46.2 Å². The number of pyridine rings is 1. The molecule has 0 bridgehead atoms. The van der Waals surface area contributed by atoms with Gasteiger partial charge in [-0.25, -0.2) is 13.4 Å². The van der Waals surface area contributed by atoms with Gasteiger partial charge in [0.05, 0.1) is 47.8 Å². The molecule has 1 fully saturated rings. The molecule has 0 radical (unpaired) electrons. The van der Waals surface area contributed by atoms with E-state index in [9.17, 15) is 13.2 Å². The Morgan fingerprint density at radius 3 is 2.49 bits per heavy atom. The lowest BCUT2D eigenvalue weighted by Crippen LogP contribution is -2.36. The highest BCUT2D eigenvalue weighted by Gasteiger charge is 2.29. The van der Waals surface area contributed by atoms with Gasteiger partial charge in [0.1, 0.15) is 12.4 Å². The Kier molecular flexibility index (Phi) is 9.03. The van der Waals surface area contributed by atoms with E-state index in [2.05, 4.69) is 9.88 Å². The molecular weight excluding hydrogens is 587 g/mol. The minimum Gasteiger partial charge on any atom is -0.464 e. The molecule has 41 heavy (non-hydrogen) atoms. The molecule has 0 amide bonds. The number of carbonyl (C=O) groups excluding carboxylic acids is 1. The standard InChI is InChI=1S/C29H30Cl2N4O5S/c1-2-3-12-40-29(36)20-35(41(37,38)26-17-22(30)16-23(31)18-26)24-4-6-27-21(15-24)8-9-34(27)28-7-5-25(19-32-28)33-10-13-39-14-11-33/h4-9,15-19H,2-3,10-14,20H2,1H3. The molecule has 5 rings (SSSR count). The molecule has 12 heteroatoms. The lowest BCUT2D eigenvalue weighted by atomic mass is 10.2. The van der Waals surface area contributed by atoms with Crippen LogP contribution in [0.3, 0.4) is 0 Å². The summed E-state index contributed by atoms with van der Waals surface area (Å²) < 4.78 is 41.3. The minimum absolute atomic E-state index is 0.126. The molecule has 2 aromatic heterocycles. The van der Waals surface area contributed by atoms with Crippen molar-refractivity contribution in [2.45, 2.75) is 24.7 Å². The first kappa shape index (κ1) is 29.2. The highest BCUT2D eigenvalue weighted by Crippen LogP contribution is 2.31. The molecule has 2 aromatic carbocycles. The normalized spacial score (nSPS) is 13.9. The van der Waals surface area contributed by atoms with Gasteiger partial charge in [0.2, 0.25) is 0 Å². The fraction of sp³-hybridized carbons (Fsp3) is 0.310. The van der Waals surface area contributed by atoms with Crippen LogP contribution in [-0.2, 0) is 24.3 Å². The van der Waals surface area contributed by atoms with Gasteiger partial charge < -0.3 is 18.9 Å². The summed E-state index contributed by atoms with van der Waals surface area (Å²) in [7, 11) is -4.22. The summed E-state index contributed by atoms with van der Waals surface area (Å²) >= 11 is 12.2. The quantitative estimate of drug-likeness (QED) is 0.166. The van der Waals surface area contributed by atoms with Gasteiger partial charge in [0, 0.05) is 34.7 Å². The van der Waals surface area contributed by atoms with E-state index in [0.29, 0.717) is 25.3 Å². The molecule has 0 unspecified atom stereocenters. The second-order valence-electron chi connectivity index (χ2n) is 9.59. The molecule has 0 aliphatic carbocycles. The van der Waals surface area contributed by atoms with Crippen LogP contribution >= 0.6 is 23.2 Å². The molecule has 0 N–H and O–H groups in total. The van der Waals surface area contributed by atoms with Crippen molar-refractivity contribution in [3.05, 3.63) is 77.0 Å². The summed E-state index contributed by atoms with van der Waals surface area (Å²) in [6.45, 7) is 4.72. The fourth-order valence-electron chi connectivity index (χ4n) is 4.63. The first-order chi connectivity index (χ1) is 19.8. The van der Waals surface area contributed by atoms with Crippen LogP contribution in [-0.4, -0.2) is 63.4 Å². The van der Waals surface area contributed by atoms with Crippen molar-refractivity contribution in [3.63, 3.8) is 0 Å². The second-order valence-corrected chi connectivity index (χ2v) is 12.3. The number of benzene rings is 2. The molecule has 0 spiro atoms. The molecular formula is C29H30Cl2N4O5S. The first-order valence-electron chi connectivity index (χ1n) is 13.3. The van der Waals surface area contributed by atoms with E-state index in [1.807, 2.05) is 42.1 Å². The van der Waals surface area contributed by atoms with E-state index in [1.165, 1.54) is 18.2 Å². The van der Waals surface area contributed by atoms with Crippen LogP contribution in [0.2, 0.25) is 10.0 Å². The number of anilines is 2. The Balaban J connectivity index is 1.47. The van der Waals surface area contributed by atoms with E-state index in [4.69, 9.17) is 32.7 Å². The molecule has 9 nitrogen and oxygen atoms in total. The molecule has 0 atom stereocenters. The number of aromatic nitrogens is 2. The fourth-order valence-corrected chi connectivity index (χ4v) is 6.76. The van der Waals surface area contributed by atoms with Gasteiger partial charge in [-0.15, -0.1) is 0 Å². The number of rotatable bonds is 10. The second kappa shape index (κ2) is 12.7. The number of unbranched alkanes of at least 4 members (excludes halogenated alkanes) is 1. The van der Waals surface area contributed by atoms with Gasteiger partial charge in [-0.2, -0.15) is 0 Å². The predicted molar refractivity (Wildman–Crippen MR) is 161 cm³/mol. The summed E-state index contributed by atoms with van der Waals surface area (Å²) in [5, 5.41) is 1.10. The summed E-state index contributed by atoms with van der Waals surface area (Å²) in [5.74, 6) is 0.0692. The third-order valence-corrected chi connectivity index (χ3v) is 8.96. The summed E-state index contributed by atoms with van der Waals surface area (Å²) in [4.78, 5) is 19.5. The number of nitrogens with zero attached hydrogens (tertiary/aromatic N) is 4. The van der Waals surface area contributed by atoms with Crippen molar-refractivity contribution in [2.24, 2.45) is 0 Å². The highest BCUT2D eigenvalue weighted by atomic mass is 35.5. The topological polar surface area (TPSA) is 94.0 Å². The van der Waals surface area contributed by atoms with Crippen LogP contribution in [0.25, 0.3) is 16.7 Å². The molecule has 216 valence electrons. The lowest BCUT2D eigenvalue weighted by Gasteiger charge is -2.28. The zero-order chi connectivity index (χ0) is 29.0. The zero-order valence-electron chi connectivity index (χ0n) is 22.5. The number of sulfonamides is 1. The van der Waals surface area contributed by atoms with Crippen LogP contribution in [0.4, 0.5) is 11.4 Å². The number of hydrogen-bond acceptors (Lipinski definition) is 7. The third-order valence-electron chi connectivity index (χ3n) is 6.77. The number of morpholine rings is 1. The van der Waals surface area contributed by atoms with E-state index in [1.54, 1.807) is 18.2 Å². The van der Waals surface area contributed by atoms with Crippen molar-refractivity contribution >= 4 is 61.5 Å². The van der Waals surface area contributed by atoms with Gasteiger partial charge >= 0.3 is 5.97 Å². The van der Waals surface area contributed by atoms with E-state index >= 15 is 0 Å². The summed E-state index contributed by atoms with van der Waals surface area (Å²) in [6, 6.07) is 15.1. The molecule has 0 saturated carbocycles.